The zero-order chi connectivity index (χ0) is 19.6. The van der Waals surface area contributed by atoms with Crippen molar-refractivity contribution in [2.75, 3.05) is 13.6 Å². The Bertz CT molecular complexity index is 723. The van der Waals surface area contributed by atoms with E-state index in [1.807, 2.05) is 0 Å². The summed E-state index contributed by atoms with van der Waals surface area (Å²) in [6, 6.07) is 0.505. The smallest absolute Gasteiger partial charge is 0.350 e. The Kier molecular flexibility index (Phi) is 6.28. The Hall–Kier alpha value is -2.03. The number of amides is 2. The molecule has 1 aromatic rings. The maximum atomic E-state index is 12.8. The second-order valence-electron chi connectivity index (χ2n) is 6.56. The second kappa shape index (κ2) is 7.47. The SMILES string of the molecule is CN(CC(=O)NC(C)(C)C)C(=O)Cn1cc(C(F)(F)F)cc(Cl)c1=O. The van der Waals surface area contributed by atoms with Crippen molar-refractivity contribution in [2.24, 2.45) is 0 Å². The number of alkyl halides is 3. The lowest BCUT2D eigenvalue weighted by molar-refractivity contribution is -0.138. The fraction of sp³-hybridized carbons (Fsp3) is 0.533. The first-order chi connectivity index (χ1) is 11.2. The third-order valence-corrected chi connectivity index (χ3v) is 3.27. The molecule has 6 nitrogen and oxygen atoms in total. The molecular formula is C15H19ClF3N3O3. The van der Waals surface area contributed by atoms with Gasteiger partial charge in [0.25, 0.3) is 5.56 Å². The van der Waals surface area contributed by atoms with Gasteiger partial charge in [-0.25, -0.2) is 0 Å². The van der Waals surface area contributed by atoms with Gasteiger partial charge in [-0.15, -0.1) is 0 Å². The fourth-order valence-electron chi connectivity index (χ4n) is 1.90. The van der Waals surface area contributed by atoms with Gasteiger partial charge in [0.15, 0.2) is 0 Å². The van der Waals surface area contributed by atoms with Crippen LogP contribution in [-0.4, -0.2) is 40.4 Å². The molecule has 0 saturated heterocycles. The number of aromatic nitrogens is 1. The van der Waals surface area contributed by atoms with Gasteiger partial charge in [-0.2, -0.15) is 13.2 Å². The zero-order valence-corrected chi connectivity index (χ0v) is 15.0. The molecule has 10 heteroatoms. The number of carbonyl (C=O) groups excluding carboxylic acids is 2. The van der Waals surface area contributed by atoms with Gasteiger partial charge in [0, 0.05) is 18.8 Å². The van der Waals surface area contributed by atoms with Gasteiger partial charge in [0.2, 0.25) is 11.8 Å². The number of nitrogens with one attached hydrogen (secondary N) is 1. The Balaban J connectivity index is 2.91. The minimum Gasteiger partial charge on any atom is -0.350 e. The van der Waals surface area contributed by atoms with Gasteiger partial charge in [0.1, 0.15) is 11.6 Å². The van der Waals surface area contributed by atoms with Crippen LogP contribution in [0.4, 0.5) is 13.2 Å². The minimum absolute atomic E-state index is 0.294. The van der Waals surface area contributed by atoms with Gasteiger partial charge in [-0.3, -0.25) is 14.4 Å². The molecule has 0 aliphatic heterocycles. The van der Waals surface area contributed by atoms with Crippen molar-refractivity contribution in [2.45, 2.75) is 39.0 Å². The summed E-state index contributed by atoms with van der Waals surface area (Å²) in [5.74, 6) is -1.14. The number of carbonyl (C=O) groups is 2. The Morgan fingerprint density at radius 2 is 1.84 bits per heavy atom. The largest absolute Gasteiger partial charge is 0.417 e. The van der Waals surface area contributed by atoms with Crippen LogP contribution in [0.5, 0.6) is 0 Å². The molecule has 1 rings (SSSR count). The average Bonchev–Trinajstić information content (AvgIpc) is 2.39. The van der Waals surface area contributed by atoms with Crippen LogP contribution < -0.4 is 10.9 Å². The molecule has 0 spiro atoms. The first-order valence-corrected chi connectivity index (χ1v) is 7.60. The maximum Gasteiger partial charge on any atom is 0.417 e. The van der Waals surface area contributed by atoms with Crippen LogP contribution in [0.1, 0.15) is 26.3 Å². The minimum atomic E-state index is -4.71. The third kappa shape index (κ3) is 6.41. The molecule has 140 valence electrons. The first kappa shape index (κ1) is 21.0. The zero-order valence-electron chi connectivity index (χ0n) is 14.2. The van der Waals surface area contributed by atoms with Gasteiger partial charge in [-0.05, 0) is 26.8 Å². The van der Waals surface area contributed by atoms with Crippen molar-refractivity contribution < 1.29 is 22.8 Å². The number of likely N-dealkylation sites (N-methyl/N-ethyl adjacent to an activating group) is 1. The third-order valence-electron chi connectivity index (χ3n) is 3.00. The lowest BCUT2D eigenvalue weighted by atomic mass is 10.1. The summed E-state index contributed by atoms with van der Waals surface area (Å²) in [5, 5.41) is 2.00. The molecule has 0 aliphatic carbocycles. The summed E-state index contributed by atoms with van der Waals surface area (Å²) in [6.45, 7) is 4.32. The number of hydrogen-bond acceptors (Lipinski definition) is 3. The summed E-state index contributed by atoms with van der Waals surface area (Å²) in [4.78, 5) is 36.7. The molecule has 0 unspecified atom stereocenters. The van der Waals surface area contributed by atoms with Crippen molar-refractivity contribution >= 4 is 23.4 Å². The van der Waals surface area contributed by atoms with Crippen molar-refractivity contribution in [3.05, 3.63) is 33.2 Å². The van der Waals surface area contributed by atoms with E-state index >= 15 is 0 Å². The summed E-state index contributed by atoms with van der Waals surface area (Å²) in [7, 11) is 1.31. The molecule has 0 atom stereocenters. The fourth-order valence-corrected chi connectivity index (χ4v) is 2.13. The number of rotatable bonds is 4. The van der Waals surface area contributed by atoms with Gasteiger partial charge < -0.3 is 14.8 Å². The molecule has 2 amide bonds. The summed E-state index contributed by atoms with van der Waals surface area (Å²) in [5.41, 5.74) is -2.56. The summed E-state index contributed by atoms with van der Waals surface area (Å²) < 4.78 is 38.9. The molecule has 0 fully saturated rings. The van der Waals surface area contributed by atoms with Crippen LogP contribution in [0.3, 0.4) is 0 Å². The highest BCUT2D eigenvalue weighted by Crippen LogP contribution is 2.29. The molecule has 0 saturated carbocycles. The molecule has 0 aromatic carbocycles. The molecule has 0 aliphatic rings. The number of hydrogen-bond donors (Lipinski definition) is 1. The second-order valence-corrected chi connectivity index (χ2v) is 6.96. The monoisotopic (exact) mass is 381 g/mol. The van der Waals surface area contributed by atoms with Crippen LogP contribution in [-0.2, 0) is 22.3 Å². The van der Waals surface area contributed by atoms with E-state index in [9.17, 15) is 27.6 Å². The van der Waals surface area contributed by atoms with E-state index in [1.165, 1.54) is 7.05 Å². The van der Waals surface area contributed by atoms with Crippen molar-refractivity contribution in [1.29, 1.82) is 0 Å². The van der Waals surface area contributed by atoms with E-state index < -0.39 is 46.2 Å². The molecule has 0 radical (unpaired) electrons. The lowest BCUT2D eigenvalue weighted by Crippen LogP contribution is -2.47. The van der Waals surface area contributed by atoms with Crippen LogP contribution in [0.15, 0.2) is 17.1 Å². The highest BCUT2D eigenvalue weighted by Gasteiger charge is 2.32. The quantitative estimate of drug-likeness (QED) is 0.865. The van der Waals surface area contributed by atoms with E-state index in [4.69, 9.17) is 11.6 Å². The first-order valence-electron chi connectivity index (χ1n) is 7.23. The van der Waals surface area contributed by atoms with E-state index in [1.54, 1.807) is 20.8 Å². The van der Waals surface area contributed by atoms with Crippen LogP contribution in [0, 0.1) is 0 Å². The van der Waals surface area contributed by atoms with E-state index in [0.717, 1.165) is 4.90 Å². The average molecular weight is 382 g/mol. The Labute approximate surface area is 147 Å². The summed E-state index contributed by atoms with van der Waals surface area (Å²) >= 11 is 5.52. The molecule has 25 heavy (non-hydrogen) atoms. The van der Waals surface area contributed by atoms with E-state index in [2.05, 4.69) is 5.32 Å². The van der Waals surface area contributed by atoms with Gasteiger partial charge >= 0.3 is 6.18 Å². The maximum absolute atomic E-state index is 12.8. The van der Waals surface area contributed by atoms with Gasteiger partial charge in [0.05, 0.1) is 12.1 Å². The molecule has 1 heterocycles. The van der Waals surface area contributed by atoms with Crippen LogP contribution in [0.25, 0.3) is 0 Å². The number of nitrogens with zero attached hydrogens (tertiary/aromatic N) is 2. The summed E-state index contributed by atoms with van der Waals surface area (Å²) in [6.07, 6.45) is -4.18. The van der Waals surface area contributed by atoms with E-state index in [0.29, 0.717) is 16.8 Å². The molecule has 1 aromatic heterocycles. The van der Waals surface area contributed by atoms with E-state index in [-0.39, 0.29) is 6.54 Å². The molecule has 1 N–H and O–H groups in total. The predicted octanol–water partition coefficient (Wildman–Crippen LogP) is 1.89. The van der Waals surface area contributed by atoms with Crippen molar-refractivity contribution in [1.82, 2.24) is 14.8 Å². The predicted molar refractivity (Wildman–Crippen MR) is 86.2 cm³/mol. The van der Waals surface area contributed by atoms with Crippen molar-refractivity contribution in [3.63, 3.8) is 0 Å². The normalized spacial score (nSPS) is 12.0. The van der Waals surface area contributed by atoms with Crippen LogP contribution >= 0.6 is 11.6 Å². The standard InChI is InChI=1S/C15H19ClF3N3O3/c1-14(2,3)20-11(23)7-21(4)12(24)8-22-6-9(15(17,18)19)5-10(16)13(22)25/h5-6H,7-8H2,1-4H3,(H,20,23). The highest BCUT2D eigenvalue weighted by atomic mass is 35.5. The topological polar surface area (TPSA) is 71.4 Å². The molecular weight excluding hydrogens is 363 g/mol. The number of halogens is 4. The van der Waals surface area contributed by atoms with Crippen molar-refractivity contribution in [3.8, 4) is 0 Å². The molecule has 0 bridgehead atoms. The van der Waals surface area contributed by atoms with Gasteiger partial charge in [-0.1, -0.05) is 11.6 Å². The Morgan fingerprint density at radius 1 is 1.28 bits per heavy atom. The number of pyridine rings is 1. The lowest BCUT2D eigenvalue weighted by Gasteiger charge is -2.23. The van der Waals surface area contributed by atoms with Crippen LogP contribution in [0.2, 0.25) is 5.02 Å². The Morgan fingerprint density at radius 3 is 2.32 bits per heavy atom. The highest BCUT2D eigenvalue weighted by molar-refractivity contribution is 6.30.